The number of morpholine rings is 1. The molecule has 27 heavy (non-hydrogen) atoms. The lowest BCUT2D eigenvalue weighted by molar-refractivity contribution is -0.0593. The molecule has 0 saturated carbocycles. The molecule has 0 N–H and O–H groups in total. The molecule has 1 aromatic heterocycles. The van der Waals surface area contributed by atoms with Crippen LogP contribution in [0.1, 0.15) is 56.3 Å². The highest BCUT2D eigenvalue weighted by atomic mass is 32.2. The highest BCUT2D eigenvalue weighted by Crippen LogP contribution is 2.35. The van der Waals surface area contributed by atoms with Gasteiger partial charge in [-0.1, -0.05) is 44.7 Å². The number of carbonyl (C=O) groups excluding carboxylic acids is 1. The first-order valence-corrected chi connectivity index (χ1v) is 10.3. The molecule has 1 saturated heterocycles. The number of hydrogen-bond acceptors (Lipinski definition) is 4. The van der Waals surface area contributed by atoms with E-state index in [1.807, 2.05) is 24.8 Å². The van der Waals surface area contributed by atoms with Gasteiger partial charge in [0.05, 0.1) is 12.2 Å². The van der Waals surface area contributed by atoms with Gasteiger partial charge in [0.15, 0.2) is 10.9 Å². The number of aryl methyl sites for hydroxylation is 1. The highest BCUT2D eigenvalue weighted by molar-refractivity contribution is 7.99. The number of rotatable bonds is 3. The summed E-state index contributed by atoms with van der Waals surface area (Å²) >= 11 is 1.57. The van der Waals surface area contributed by atoms with Gasteiger partial charge in [-0.25, -0.2) is 0 Å². The van der Waals surface area contributed by atoms with E-state index in [0.717, 1.165) is 9.99 Å². The van der Waals surface area contributed by atoms with E-state index in [-0.39, 0.29) is 23.5 Å². The van der Waals surface area contributed by atoms with Crippen LogP contribution in [0.3, 0.4) is 0 Å². The Morgan fingerprint density at radius 2 is 1.78 bits per heavy atom. The molecule has 5 heteroatoms. The second-order valence-electron chi connectivity index (χ2n) is 8.42. The van der Waals surface area contributed by atoms with Crippen LogP contribution in [0.2, 0.25) is 0 Å². The number of ether oxygens (including phenoxy) is 1. The molecule has 1 aliphatic rings. The highest BCUT2D eigenvalue weighted by Gasteiger charge is 2.28. The van der Waals surface area contributed by atoms with Crippen molar-refractivity contribution in [1.29, 1.82) is 0 Å². The molecule has 0 aliphatic carbocycles. The fraction of sp³-hybridized carbons (Fsp3) is 0.500. The minimum atomic E-state index is -0.0657. The van der Waals surface area contributed by atoms with Crippen LogP contribution >= 0.6 is 11.8 Å². The maximum atomic E-state index is 12.8. The number of furan rings is 1. The van der Waals surface area contributed by atoms with Crippen molar-refractivity contribution in [2.45, 2.75) is 69.2 Å². The lowest BCUT2D eigenvalue weighted by atomic mass is 9.87. The summed E-state index contributed by atoms with van der Waals surface area (Å²) < 4.78 is 11.6. The topological polar surface area (TPSA) is 42.7 Å². The Bertz CT molecular complexity index is 811. The van der Waals surface area contributed by atoms with Gasteiger partial charge in [-0.2, -0.15) is 0 Å². The van der Waals surface area contributed by atoms with Crippen molar-refractivity contribution in [3.63, 3.8) is 0 Å². The Morgan fingerprint density at radius 3 is 2.41 bits per heavy atom. The molecular formula is C22H29NO3S. The minimum absolute atomic E-state index is 0.0456. The van der Waals surface area contributed by atoms with Crippen molar-refractivity contribution < 1.29 is 13.9 Å². The van der Waals surface area contributed by atoms with Gasteiger partial charge in [0, 0.05) is 18.0 Å². The molecule has 0 unspecified atom stereocenters. The van der Waals surface area contributed by atoms with Gasteiger partial charge in [-0.3, -0.25) is 4.79 Å². The first-order chi connectivity index (χ1) is 12.6. The fourth-order valence-electron chi connectivity index (χ4n) is 3.27. The van der Waals surface area contributed by atoms with E-state index in [9.17, 15) is 4.79 Å². The van der Waals surface area contributed by atoms with Gasteiger partial charge in [0.1, 0.15) is 0 Å². The molecular weight excluding hydrogens is 358 g/mol. The van der Waals surface area contributed by atoms with Crippen molar-refractivity contribution in [3.05, 3.63) is 47.2 Å². The van der Waals surface area contributed by atoms with Crippen LogP contribution < -0.4 is 0 Å². The summed E-state index contributed by atoms with van der Waals surface area (Å²) in [6, 6.07) is 10.2. The summed E-state index contributed by atoms with van der Waals surface area (Å²) in [5.41, 5.74) is 2.58. The minimum Gasteiger partial charge on any atom is -0.444 e. The first-order valence-electron chi connectivity index (χ1n) is 9.47. The summed E-state index contributed by atoms with van der Waals surface area (Å²) in [4.78, 5) is 15.8. The van der Waals surface area contributed by atoms with E-state index in [1.165, 1.54) is 11.1 Å². The molecule has 3 rings (SSSR count). The smallest absolute Gasteiger partial charge is 0.289 e. The zero-order valence-corrected chi connectivity index (χ0v) is 17.9. The molecule has 2 heterocycles. The molecule has 0 radical (unpaired) electrons. The molecule has 1 aliphatic heterocycles. The van der Waals surface area contributed by atoms with E-state index >= 15 is 0 Å². The zero-order valence-electron chi connectivity index (χ0n) is 17.0. The number of amides is 1. The van der Waals surface area contributed by atoms with E-state index in [0.29, 0.717) is 18.8 Å². The van der Waals surface area contributed by atoms with Crippen molar-refractivity contribution in [3.8, 4) is 0 Å². The summed E-state index contributed by atoms with van der Waals surface area (Å²) in [6.45, 7) is 13.9. The standard InChI is InChI=1S/C22H29NO3S/c1-14-7-8-17(22(4,5)6)11-19(14)27-20-10-9-18(26-20)21(24)23-12-15(2)25-16(3)13-23/h7-11,15-16H,12-13H2,1-6H3/t15-,16+. The molecule has 146 valence electrons. The van der Waals surface area contributed by atoms with Gasteiger partial charge in [-0.15, -0.1) is 0 Å². The number of hydrogen-bond donors (Lipinski definition) is 0. The number of benzene rings is 1. The molecule has 0 bridgehead atoms. The third kappa shape index (κ3) is 4.77. The summed E-state index contributed by atoms with van der Waals surface area (Å²) in [6.07, 6.45) is 0.0913. The largest absolute Gasteiger partial charge is 0.444 e. The maximum Gasteiger partial charge on any atom is 0.289 e. The Labute approximate surface area is 166 Å². The van der Waals surface area contributed by atoms with Gasteiger partial charge in [0.25, 0.3) is 5.91 Å². The van der Waals surface area contributed by atoms with Gasteiger partial charge >= 0.3 is 0 Å². The van der Waals surface area contributed by atoms with E-state index < -0.39 is 0 Å². The average molecular weight is 388 g/mol. The zero-order chi connectivity index (χ0) is 19.8. The van der Waals surface area contributed by atoms with Crippen LogP contribution in [-0.4, -0.2) is 36.1 Å². The van der Waals surface area contributed by atoms with Crippen molar-refractivity contribution in [1.82, 2.24) is 4.90 Å². The van der Waals surface area contributed by atoms with E-state index in [4.69, 9.17) is 9.15 Å². The van der Waals surface area contributed by atoms with Crippen molar-refractivity contribution in [2.75, 3.05) is 13.1 Å². The Morgan fingerprint density at radius 1 is 1.11 bits per heavy atom. The van der Waals surface area contributed by atoms with Gasteiger partial charge < -0.3 is 14.1 Å². The SMILES string of the molecule is Cc1ccc(C(C)(C)C)cc1Sc1ccc(C(=O)N2C[C@@H](C)O[C@@H](C)C2)o1. The Kier molecular flexibility index (Phi) is 5.73. The molecule has 2 atom stereocenters. The fourth-order valence-corrected chi connectivity index (χ4v) is 4.17. The normalized spacial score (nSPS) is 20.7. The first kappa shape index (κ1) is 20.0. The second kappa shape index (κ2) is 7.72. The predicted octanol–water partition coefficient (Wildman–Crippen LogP) is 5.29. The van der Waals surface area contributed by atoms with Crippen LogP contribution in [-0.2, 0) is 10.2 Å². The lowest BCUT2D eigenvalue weighted by Crippen LogP contribution is -2.48. The summed E-state index contributed by atoms with van der Waals surface area (Å²) in [5, 5.41) is 0.738. The number of nitrogens with zero attached hydrogens (tertiary/aromatic N) is 1. The van der Waals surface area contributed by atoms with Crippen LogP contribution in [0.4, 0.5) is 0 Å². The maximum absolute atomic E-state index is 12.8. The van der Waals surface area contributed by atoms with Crippen LogP contribution in [0.5, 0.6) is 0 Å². The second-order valence-corrected chi connectivity index (χ2v) is 9.46. The average Bonchev–Trinajstić information content (AvgIpc) is 3.02. The summed E-state index contributed by atoms with van der Waals surface area (Å²) in [5.74, 6) is 0.326. The molecule has 0 spiro atoms. The van der Waals surface area contributed by atoms with E-state index in [1.54, 1.807) is 17.8 Å². The van der Waals surface area contributed by atoms with Crippen LogP contribution in [0.15, 0.2) is 44.7 Å². The monoisotopic (exact) mass is 387 g/mol. The third-order valence-corrected chi connectivity index (χ3v) is 5.84. The third-order valence-electron chi connectivity index (χ3n) is 4.76. The predicted molar refractivity (Wildman–Crippen MR) is 109 cm³/mol. The molecule has 1 fully saturated rings. The lowest BCUT2D eigenvalue weighted by Gasteiger charge is -2.34. The van der Waals surface area contributed by atoms with Gasteiger partial charge in [-0.05, 0) is 55.5 Å². The molecule has 1 aromatic carbocycles. The summed E-state index contributed by atoms with van der Waals surface area (Å²) in [7, 11) is 0. The Hall–Kier alpha value is -1.72. The van der Waals surface area contributed by atoms with Crippen LogP contribution in [0, 0.1) is 6.92 Å². The van der Waals surface area contributed by atoms with Crippen LogP contribution in [0.25, 0.3) is 0 Å². The Balaban J connectivity index is 1.76. The molecule has 1 amide bonds. The molecule has 4 nitrogen and oxygen atoms in total. The van der Waals surface area contributed by atoms with Crippen molar-refractivity contribution in [2.24, 2.45) is 0 Å². The van der Waals surface area contributed by atoms with E-state index in [2.05, 4.69) is 45.9 Å². The quantitative estimate of drug-likeness (QED) is 0.718. The molecule has 2 aromatic rings. The van der Waals surface area contributed by atoms with Crippen molar-refractivity contribution >= 4 is 17.7 Å². The number of carbonyl (C=O) groups is 1. The van der Waals surface area contributed by atoms with Gasteiger partial charge in [0.2, 0.25) is 0 Å².